The Kier molecular flexibility index (Phi) is 11.0. The number of amides is 4. The second-order valence-electron chi connectivity index (χ2n) is 12.9. The molecule has 0 bridgehead atoms. The number of likely N-dealkylation sites (tertiary alicyclic amines) is 1. The molecule has 5 atom stereocenters. The molecule has 21 nitrogen and oxygen atoms in total. The van der Waals surface area contributed by atoms with Gasteiger partial charge in [0.25, 0.3) is 23.6 Å². The maximum absolute atomic E-state index is 13.6. The van der Waals surface area contributed by atoms with Gasteiger partial charge in [-0.2, -0.15) is 0 Å². The van der Waals surface area contributed by atoms with Crippen LogP contribution in [-0.4, -0.2) is 142 Å². The molecule has 1 aromatic carbocycles. The second-order valence-corrected chi connectivity index (χ2v) is 15.0. The Bertz CT molecular complexity index is 2010. The number of piperidine rings is 1. The van der Waals surface area contributed by atoms with E-state index in [1.807, 2.05) is 11.8 Å². The Hall–Kier alpha value is -5.78. The van der Waals surface area contributed by atoms with Crippen molar-refractivity contribution in [2.24, 2.45) is 11.1 Å². The molecule has 0 radical (unpaired) electrons. The number of oxime groups is 1. The summed E-state index contributed by atoms with van der Waals surface area (Å²) in [6, 6.07) is 0.776. The van der Waals surface area contributed by atoms with Gasteiger partial charge < -0.3 is 41.4 Å². The summed E-state index contributed by atoms with van der Waals surface area (Å²) in [5.41, 5.74) is 7.85. The normalized spacial score (nSPS) is 22.8. The van der Waals surface area contributed by atoms with Gasteiger partial charge in [-0.3, -0.25) is 33.8 Å². The predicted octanol–water partition coefficient (Wildman–Crippen LogP) is -0.575. The number of hydrazine groups is 1. The molecule has 1 unspecified atom stereocenters. The predicted molar refractivity (Wildman–Crippen MR) is 190 cm³/mol. The highest BCUT2D eigenvalue weighted by Crippen LogP contribution is 2.49. The van der Waals surface area contributed by atoms with E-state index in [-0.39, 0.29) is 58.5 Å². The minimum absolute atomic E-state index is 0.0169. The monoisotopic (exact) mass is 802 g/mol. The summed E-state index contributed by atoms with van der Waals surface area (Å²) < 4.78 is 0. The highest BCUT2D eigenvalue weighted by atomic mass is 32.2. The number of hydrogen-bond donors (Lipinski definition) is 8. The van der Waals surface area contributed by atoms with Gasteiger partial charge >= 0.3 is 17.9 Å². The van der Waals surface area contributed by atoms with Crippen LogP contribution in [0.2, 0.25) is 0 Å². The van der Waals surface area contributed by atoms with Crippen molar-refractivity contribution in [3.05, 3.63) is 45.6 Å². The number of fused-ring (bicyclic) bond motifs is 3. The van der Waals surface area contributed by atoms with Crippen molar-refractivity contribution < 1.29 is 63.9 Å². The zero-order valence-corrected chi connectivity index (χ0v) is 30.3. The van der Waals surface area contributed by atoms with Gasteiger partial charge in [0.05, 0.1) is 17.5 Å². The van der Waals surface area contributed by atoms with Gasteiger partial charge in [0.15, 0.2) is 22.3 Å². The number of benzene rings is 1. The fourth-order valence-corrected chi connectivity index (χ4v) is 9.11. The van der Waals surface area contributed by atoms with E-state index in [4.69, 9.17) is 15.7 Å². The number of aromatic hydroxyl groups is 2. The number of nitrogens with one attached hydrogen (secondary N) is 2. The SMILES string of the molecule is CCCC1CN(CCNN2C(=O)c3cc(O)c(O)cc3C2=O)CC2=C(C(=O)O)N3C(=O)[C@@H](NC(=O)/C(=N\O[C@@H](CC(=O)O)C(=O)O)c4csc(N)n4)[C@H]3S[C@H]21. The van der Waals surface area contributed by atoms with Crippen molar-refractivity contribution >= 4 is 75.5 Å². The molecule has 4 aliphatic rings. The molecule has 2 aromatic rings. The lowest BCUT2D eigenvalue weighted by Gasteiger charge is -2.54. The first-order chi connectivity index (χ1) is 26.1. The fourth-order valence-electron chi connectivity index (χ4n) is 6.80. The number of phenols is 2. The number of carbonyl (C=O) groups excluding carboxylic acids is 4. The van der Waals surface area contributed by atoms with Gasteiger partial charge in [-0.15, -0.1) is 23.1 Å². The third-order valence-electron chi connectivity index (χ3n) is 9.25. The molecule has 1 aromatic heterocycles. The summed E-state index contributed by atoms with van der Waals surface area (Å²) in [4.78, 5) is 100. The van der Waals surface area contributed by atoms with Crippen molar-refractivity contribution in [3.63, 3.8) is 0 Å². The average molecular weight is 803 g/mol. The van der Waals surface area contributed by atoms with Gasteiger partial charge in [-0.1, -0.05) is 18.5 Å². The molecule has 4 amide bonds. The Balaban J connectivity index is 1.18. The van der Waals surface area contributed by atoms with Gasteiger partial charge in [0, 0.05) is 36.8 Å². The number of phenolic OH excluding ortho intramolecular Hbond substituents is 2. The van der Waals surface area contributed by atoms with Crippen LogP contribution < -0.4 is 16.5 Å². The first kappa shape index (κ1) is 38.9. The molecule has 0 saturated carbocycles. The lowest BCUT2D eigenvalue weighted by molar-refractivity contribution is -0.156. The number of hydrogen-bond acceptors (Lipinski definition) is 17. The van der Waals surface area contributed by atoms with E-state index in [2.05, 4.69) is 20.9 Å². The molecule has 55 heavy (non-hydrogen) atoms. The maximum Gasteiger partial charge on any atom is 0.352 e. The number of anilines is 1. The zero-order chi connectivity index (χ0) is 39.9. The number of nitrogens with zero attached hydrogens (tertiary/aromatic N) is 5. The molecular formula is C32H34N8O13S2. The topological polar surface area (TPSA) is 315 Å². The van der Waals surface area contributed by atoms with E-state index >= 15 is 0 Å². The number of aromatic nitrogens is 1. The molecule has 2 saturated heterocycles. The molecular weight excluding hydrogens is 769 g/mol. The number of aliphatic carboxylic acids is 3. The number of carboxylic acid groups (broad SMARTS) is 3. The van der Waals surface area contributed by atoms with E-state index in [0.717, 1.165) is 39.8 Å². The molecule has 5 heterocycles. The standard InChI is InChI=1S/C32H34N8O13S2/c1-2-3-12-9-38(5-4-34-40-26(46)13-6-17(41)18(42)7-14(13)27(40)47)10-15-23(31(51)52)39-28(48)22(29(39)55-24(12)15)36-25(45)21(16-11-54-32(33)35-16)37-53-19(30(49)50)8-20(43)44/h6-7,11-12,19,22,24,29,34,41-42H,2-5,8-10H2,1H3,(H2,33,35)(H,36,45)(H,43,44)(H,49,50)(H,51,52)/b37-21-/t12?,19-,22+,24-,29+/m0/s1. The van der Waals surface area contributed by atoms with Crippen LogP contribution in [0.3, 0.4) is 0 Å². The molecule has 2 fully saturated rings. The molecule has 0 aliphatic carbocycles. The number of rotatable bonds is 15. The lowest BCUT2D eigenvalue weighted by atomic mass is 9.87. The molecule has 6 rings (SSSR count). The average Bonchev–Trinajstić information content (AvgIpc) is 3.65. The Morgan fingerprint density at radius 2 is 1.76 bits per heavy atom. The minimum Gasteiger partial charge on any atom is -0.504 e. The molecule has 9 N–H and O–H groups in total. The van der Waals surface area contributed by atoms with Crippen molar-refractivity contribution in [1.82, 2.24) is 30.5 Å². The third kappa shape index (κ3) is 7.50. The van der Waals surface area contributed by atoms with Crippen molar-refractivity contribution in [1.29, 1.82) is 0 Å². The van der Waals surface area contributed by atoms with E-state index in [0.29, 0.717) is 18.5 Å². The minimum atomic E-state index is -1.96. The van der Waals surface area contributed by atoms with Crippen molar-refractivity contribution in [2.45, 2.75) is 49.0 Å². The highest BCUT2D eigenvalue weighted by molar-refractivity contribution is 8.01. The zero-order valence-electron chi connectivity index (χ0n) is 28.7. The molecule has 0 spiro atoms. The lowest BCUT2D eigenvalue weighted by Crippen LogP contribution is -2.72. The summed E-state index contributed by atoms with van der Waals surface area (Å²) in [6.07, 6.45) is -1.53. The van der Waals surface area contributed by atoms with Crippen LogP contribution in [0.25, 0.3) is 0 Å². The largest absolute Gasteiger partial charge is 0.504 e. The van der Waals surface area contributed by atoms with Gasteiger partial charge in [-0.25, -0.2) is 25.0 Å². The number of thioether (sulfide) groups is 1. The number of imide groups is 1. The van der Waals surface area contributed by atoms with Crippen LogP contribution in [0.5, 0.6) is 11.5 Å². The quantitative estimate of drug-likeness (QED) is 0.0367. The van der Waals surface area contributed by atoms with E-state index in [9.17, 15) is 54.0 Å². The molecule has 4 aliphatic heterocycles. The Morgan fingerprint density at radius 1 is 1.09 bits per heavy atom. The molecule has 23 heteroatoms. The summed E-state index contributed by atoms with van der Waals surface area (Å²) in [5, 5.41) is 55.4. The van der Waals surface area contributed by atoms with Crippen molar-refractivity contribution in [2.75, 3.05) is 31.9 Å². The van der Waals surface area contributed by atoms with Crippen LogP contribution >= 0.6 is 23.1 Å². The van der Waals surface area contributed by atoms with Crippen molar-refractivity contribution in [3.8, 4) is 11.5 Å². The first-order valence-electron chi connectivity index (χ1n) is 16.7. The fraction of sp³-hybridized carbons (Fsp3) is 0.406. The Labute approximate surface area is 318 Å². The summed E-state index contributed by atoms with van der Waals surface area (Å²) in [5.74, 6) is -8.94. The number of β-lactam (4-membered cyclic amide) rings is 1. The number of nitrogens with two attached hydrogens (primary N) is 1. The number of nitrogen functional groups attached to an aromatic ring is 1. The Morgan fingerprint density at radius 3 is 2.33 bits per heavy atom. The van der Waals surface area contributed by atoms with E-state index in [1.165, 1.54) is 17.1 Å². The second kappa shape index (κ2) is 15.5. The first-order valence-corrected chi connectivity index (χ1v) is 18.5. The third-order valence-corrected chi connectivity index (χ3v) is 11.6. The van der Waals surface area contributed by atoms with E-state index in [1.54, 1.807) is 0 Å². The maximum atomic E-state index is 13.6. The van der Waals surface area contributed by atoms with Crippen LogP contribution in [0.1, 0.15) is 52.6 Å². The smallest absolute Gasteiger partial charge is 0.352 e. The van der Waals surface area contributed by atoms with Crippen LogP contribution in [0.4, 0.5) is 5.13 Å². The highest BCUT2D eigenvalue weighted by Gasteiger charge is 2.58. The van der Waals surface area contributed by atoms with Gasteiger partial charge in [-0.05, 0) is 30.0 Å². The molecule has 292 valence electrons. The summed E-state index contributed by atoms with van der Waals surface area (Å²) in [7, 11) is 0. The van der Waals surface area contributed by atoms with Crippen LogP contribution in [-0.2, 0) is 28.8 Å². The van der Waals surface area contributed by atoms with Gasteiger partial charge in [0.2, 0.25) is 6.10 Å². The van der Waals surface area contributed by atoms with Crippen LogP contribution in [0, 0.1) is 5.92 Å². The van der Waals surface area contributed by atoms with E-state index < -0.39 is 82.7 Å². The summed E-state index contributed by atoms with van der Waals surface area (Å²) >= 11 is 2.23. The number of thiazole rings is 1. The summed E-state index contributed by atoms with van der Waals surface area (Å²) in [6.45, 7) is 2.94. The number of carbonyl (C=O) groups is 7. The van der Waals surface area contributed by atoms with Crippen LogP contribution in [0.15, 0.2) is 33.9 Å². The number of carboxylic acids is 3. The van der Waals surface area contributed by atoms with Gasteiger partial charge in [0.1, 0.15) is 22.8 Å².